The Morgan fingerprint density at radius 2 is 2.11 bits per heavy atom. The Labute approximate surface area is 120 Å². The molecular formula is C12H12Cl2N4O. The highest BCUT2D eigenvalue weighted by atomic mass is 35.5. The second-order valence-electron chi connectivity index (χ2n) is 3.74. The average molecular weight is 299 g/mol. The van der Waals surface area contributed by atoms with Gasteiger partial charge in [0.2, 0.25) is 0 Å². The van der Waals surface area contributed by atoms with Crippen LogP contribution in [0.2, 0.25) is 10.2 Å². The molecule has 0 aliphatic rings. The van der Waals surface area contributed by atoms with E-state index in [0.717, 1.165) is 11.3 Å². The normalized spacial score (nSPS) is 10.3. The lowest BCUT2D eigenvalue weighted by atomic mass is 10.2. The first-order chi connectivity index (χ1) is 9.11. The molecule has 0 bridgehead atoms. The van der Waals surface area contributed by atoms with Gasteiger partial charge in [0, 0.05) is 17.1 Å². The van der Waals surface area contributed by atoms with Crippen molar-refractivity contribution < 1.29 is 4.74 Å². The lowest BCUT2D eigenvalue weighted by Gasteiger charge is -2.11. The van der Waals surface area contributed by atoms with Gasteiger partial charge in [0.15, 0.2) is 11.0 Å². The topological polar surface area (TPSA) is 73.1 Å². The minimum Gasteiger partial charge on any atom is -0.496 e. The maximum absolute atomic E-state index is 5.96. The van der Waals surface area contributed by atoms with Gasteiger partial charge in [0.1, 0.15) is 17.8 Å². The van der Waals surface area contributed by atoms with Crippen molar-refractivity contribution >= 4 is 34.7 Å². The van der Waals surface area contributed by atoms with Gasteiger partial charge >= 0.3 is 0 Å². The molecule has 3 N–H and O–H groups in total. The summed E-state index contributed by atoms with van der Waals surface area (Å²) in [5.74, 6) is 1.21. The quantitative estimate of drug-likeness (QED) is 0.849. The molecule has 1 heterocycles. The first-order valence-corrected chi connectivity index (χ1v) is 6.19. The number of halogens is 2. The Morgan fingerprint density at radius 3 is 2.84 bits per heavy atom. The van der Waals surface area contributed by atoms with Crippen molar-refractivity contribution in [2.45, 2.75) is 6.54 Å². The Bertz CT molecular complexity index is 592. The molecule has 0 atom stereocenters. The zero-order valence-electron chi connectivity index (χ0n) is 10.2. The Hall–Kier alpha value is -1.72. The third-order valence-electron chi connectivity index (χ3n) is 2.52. The highest BCUT2D eigenvalue weighted by Gasteiger charge is 2.08. The van der Waals surface area contributed by atoms with Gasteiger partial charge in [0.05, 0.1) is 7.11 Å². The monoisotopic (exact) mass is 298 g/mol. The van der Waals surface area contributed by atoms with Crippen molar-refractivity contribution in [2.75, 3.05) is 18.2 Å². The van der Waals surface area contributed by atoms with Crippen molar-refractivity contribution in [3.05, 3.63) is 40.3 Å². The summed E-state index contributed by atoms with van der Waals surface area (Å²) < 4.78 is 5.25. The summed E-state index contributed by atoms with van der Waals surface area (Å²) in [7, 11) is 1.60. The number of nitrogen functional groups attached to an aromatic ring is 1. The van der Waals surface area contributed by atoms with E-state index in [1.807, 2.05) is 6.07 Å². The van der Waals surface area contributed by atoms with Crippen LogP contribution >= 0.6 is 23.2 Å². The number of ether oxygens (including phenoxy) is 1. The molecule has 0 spiro atoms. The minimum absolute atomic E-state index is 0.218. The van der Waals surface area contributed by atoms with Crippen LogP contribution in [0.1, 0.15) is 5.56 Å². The number of aromatic nitrogens is 2. The highest BCUT2D eigenvalue weighted by Crippen LogP contribution is 2.26. The fourth-order valence-electron chi connectivity index (χ4n) is 1.58. The summed E-state index contributed by atoms with van der Waals surface area (Å²) in [6.07, 6.45) is 1.34. The summed E-state index contributed by atoms with van der Waals surface area (Å²) >= 11 is 11.8. The fraction of sp³-hybridized carbons (Fsp3) is 0.167. The Kier molecular flexibility index (Phi) is 4.29. The molecule has 0 saturated heterocycles. The van der Waals surface area contributed by atoms with E-state index in [0.29, 0.717) is 23.1 Å². The van der Waals surface area contributed by atoms with Crippen LogP contribution in [0.15, 0.2) is 24.5 Å². The molecule has 5 nitrogen and oxygen atoms in total. The molecule has 1 aromatic carbocycles. The molecule has 0 aliphatic carbocycles. The molecule has 0 amide bonds. The predicted molar refractivity (Wildman–Crippen MR) is 76.8 cm³/mol. The van der Waals surface area contributed by atoms with Crippen molar-refractivity contribution in [1.29, 1.82) is 0 Å². The molecule has 0 aliphatic heterocycles. The zero-order chi connectivity index (χ0) is 13.8. The lowest BCUT2D eigenvalue weighted by Crippen LogP contribution is -2.06. The molecule has 0 unspecified atom stereocenters. The molecule has 7 heteroatoms. The fourth-order valence-corrected chi connectivity index (χ4v) is 1.91. The Morgan fingerprint density at radius 1 is 1.32 bits per heavy atom. The van der Waals surface area contributed by atoms with Crippen LogP contribution in [-0.4, -0.2) is 17.1 Å². The van der Waals surface area contributed by atoms with Gasteiger partial charge in [0.25, 0.3) is 0 Å². The van der Waals surface area contributed by atoms with Crippen molar-refractivity contribution in [1.82, 2.24) is 9.97 Å². The highest BCUT2D eigenvalue weighted by molar-refractivity contribution is 6.32. The molecule has 2 rings (SSSR count). The number of nitrogens with zero attached hydrogens (tertiary/aromatic N) is 2. The Balaban J connectivity index is 2.18. The zero-order valence-corrected chi connectivity index (χ0v) is 11.7. The summed E-state index contributed by atoms with van der Waals surface area (Å²) in [4.78, 5) is 7.81. The van der Waals surface area contributed by atoms with Crippen LogP contribution in [-0.2, 0) is 6.54 Å². The van der Waals surface area contributed by atoms with Gasteiger partial charge in [-0.25, -0.2) is 9.97 Å². The summed E-state index contributed by atoms with van der Waals surface area (Å²) in [5.41, 5.74) is 6.97. The summed E-state index contributed by atoms with van der Waals surface area (Å²) in [6, 6.07) is 5.38. The van der Waals surface area contributed by atoms with Crippen LogP contribution in [0.4, 0.5) is 11.5 Å². The summed E-state index contributed by atoms with van der Waals surface area (Å²) in [5, 5.41) is 3.92. The van der Waals surface area contributed by atoms with Crippen LogP contribution in [0, 0.1) is 0 Å². The van der Waals surface area contributed by atoms with E-state index < -0.39 is 0 Å². The predicted octanol–water partition coefficient (Wildman–Crippen LogP) is 2.99. The third-order valence-corrected chi connectivity index (χ3v) is 3.06. The number of anilines is 2. The van der Waals surface area contributed by atoms with Crippen LogP contribution in [0.25, 0.3) is 0 Å². The first kappa shape index (κ1) is 13.7. The number of nitrogens with two attached hydrogens (primary N) is 1. The largest absolute Gasteiger partial charge is 0.496 e. The molecule has 0 saturated carbocycles. The maximum Gasteiger partial charge on any atom is 0.157 e. The summed E-state index contributed by atoms with van der Waals surface area (Å²) in [6.45, 7) is 0.460. The van der Waals surface area contributed by atoms with E-state index in [1.165, 1.54) is 6.33 Å². The standard InChI is InChI=1S/C12H12Cl2N4O/c1-19-9-3-2-8(13)4-7(9)5-16-12-10(15)11(14)17-6-18-12/h2-4,6H,5,15H2,1H3,(H,16,17,18). The van der Waals surface area contributed by atoms with E-state index in [1.54, 1.807) is 19.2 Å². The number of hydrogen-bond donors (Lipinski definition) is 2. The number of rotatable bonds is 4. The minimum atomic E-state index is 0.218. The molecule has 19 heavy (non-hydrogen) atoms. The van der Waals surface area contributed by atoms with Crippen LogP contribution in [0.3, 0.4) is 0 Å². The molecule has 0 fully saturated rings. The molecule has 2 aromatic rings. The van der Waals surface area contributed by atoms with Gasteiger partial charge in [-0.2, -0.15) is 0 Å². The third kappa shape index (κ3) is 3.19. The molecule has 100 valence electrons. The molecule has 0 radical (unpaired) electrons. The van der Waals surface area contributed by atoms with Gasteiger partial charge in [-0.1, -0.05) is 23.2 Å². The number of benzene rings is 1. The van der Waals surface area contributed by atoms with Crippen molar-refractivity contribution in [3.63, 3.8) is 0 Å². The van der Waals surface area contributed by atoms with Gasteiger partial charge in [-0.3, -0.25) is 0 Å². The smallest absolute Gasteiger partial charge is 0.157 e. The van der Waals surface area contributed by atoms with E-state index in [9.17, 15) is 0 Å². The van der Waals surface area contributed by atoms with Gasteiger partial charge in [-0.05, 0) is 18.2 Å². The number of nitrogens with one attached hydrogen (secondary N) is 1. The average Bonchev–Trinajstić information content (AvgIpc) is 2.40. The van der Waals surface area contributed by atoms with Crippen molar-refractivity contribution in [3.8, 4) is 5.75 Å². The maximum atomic E-state index is 5.96. The first-order valence-electron chi connectivity index (χ1n) is 5.44. The lowest BCUT2D eigenvalue weighted by molar-refractivity contribution is 0.410. The van der Waals surface area contributed by atoms with Gasteiger partial charge in [-0.15, -0.1) is 0 Å². The molecule has 1 aromatic heterocycles. The second-order valence-corrected chi connectivity index (χ2v) is 4.53. The van der Waals surface area contributed by atoms with Crippen LogP contribution < -0.4 is 15.8 Å². The second kappa shape index (κ2) is 5.95. The molecular weight excluding hydrogens is 287 g/mol. The van der Waals surface area contributed by atoms with E-state index in [2.05, 4.69) is 15.3 Å². The van der Waals surface area contributed by atoms with Gasteiger partial charge < -0.3 is 15.8 Å². The van der Waals surface area contributed by atoms with E-state index >= 15 is 0 Å². The number of methoxy groups -OCH3 is 1. The van der Waals surface area contributed by atoms with Crippen LogP contribution in [0.5, 0.6) is 5.75 Å². The van der Waals surface area contributed by atoms with E-state index in [4.69, 9.17) is 33.7 Å². The SMILES string of the molecule is COc1ccc(Cl)cc1CNc1ncnc(Cl)c1N. The van der Waals surface area contributed by atoms with E-state index in [-0.39, 0.29) is 5.15 Å². The number of hydrogen-bond acceptors (Lipinski definition) is 5. The van der Waals surface area contributed by atoms with Crippen molar-refractivity contribution in [2.24, 2.45) is 0 Å².